The Morgan fingerprint density at radius 1 is 0.952 bits per heavy atom. The predicted molar refractivity (Wildman–Crippen MR) is 88.3 cm³/mol. The molecule has 21 heavy (non-hydrogen) atoms. The van der Waals surface area contributed by atoms with Crippen molar-refractivity contribution in [2.75, 3.05) is 32.7 Å². The molecule has 4 rings (SSSR count). The van der Waals surface area contributed by atoms with Crippen molar-refractivity contribution in [1.29, 1.82) is 0 Å². The summed E-state index contributed by atoms with van der Waals surface area (Å²) in [5.41, 5.74) is 0. The predicted octanol–water partition coefficient (Wildman–Crippen LogP) is 3.39. The molecule has 0 spiro atoms. The summed E-state index contributed by atoms with van der Waals surface area (Å²) < 4.78 is 0. The third-order valence-electron chi connectivity index (χ3n) is 6.85. The molecule has 0 aromatic carbocycles. The molecule has 118 valence electrons. The van der Waals surface area contributed by atoms with Gasteiger partial charge in [-0.1, -0.05) is 31.9 Å². The molecule has 0 N–H and O–H groups in total. The third kappa shape index (κ3) is 2.94. The minimum atomic E-state index is 0.895. The first kappa shape index (κ1) is 14.3. The molecule has 2 saturated carbocycles. The zero-order valence-corrected chi connectivity index (χ0v) is 13.7. The van der Waals surface area contributed by atoms with Gasteiger partial charge in [0.05, 0.1) is 0 Å². The Labute approximate surface area is 130 Å². The maximum atomic E-state index is 2.82. The fourth-order valence-corrected chi connectivity index (χ4v) is 5.55. The zero-order chi connectivity index (χ0) is 14.2. The third-order valence-corrected chi connectivity index (χ3v) is 6.85. The molecular weight excluding hydrogens is 256 g/mol. The number of allylic oxidation sites excluding steroid dienone is 2. The number of hydrogen-bond donors (Lipinski definition) is 0. The van der Waals surface area contributed by atoms with Crippen LogP contribution in [0.15, 0.2) is 12.2 Å². The maximum Gasteiger partial charge on any atom is 0.0122 e. The van der Waals surface area contributed by atoms with Crippen LogP contribution < -0.4 is 0 Å². The highest BCUT2D eigenvalue weighted by atomic mass is 15.3. The summed E-state index contributed by atoms with van der Waals surface area (Å²) in [5, 5.41) is 0. The van der Waals surface area contributed by atoms with Crippen LogP contribution in [0.5, 0.6) is 0 Å². The van der Waals surface area contributed by atoms with Crippen LogP contribution in [0.3, 0.4) is 0 Å². The van der Waals surface area contributed by atoms with Gasteiger partial charge in [0.25, 0.3) is 0 Å². The maximum absolute atomic E-state index is 2.82. The quantitative estimate of drug-likeness (QED) is 0.735. The molecule has 5 atom stereocenters. The lowest BCUT2D eigenvalue weighted by Gasteiger charge is -2.44. The Morgan fingerprint density at radius 2 is 1.76 bits per heavy atom. The van der Waals surface area contributed by atoms with E-state index in [0.29, 0.717) is 0 Å². The summed E-state index contributed by atoms with van der Waals surface area (Å²) in [6.07, 6.45) is 13.8. The average Bonchev–Trinajstić information content (AvgIpc) is 3.11. The van der Waals surface area contributed by atoms with Gasteiger partial charge >= 0.3 is 0 Å². The Kier molecular flexibility index (Phi) is 4.10. The van der Waals surface area contributed by atoms with Crippen molar-refractivity contribution in [3.05, 3.63) is 12.2 Å². The van der Waals surface area contributed by atoms with Crippen molar-refractivity contribution in [3.8, 4) is 0 Å². The summed E-state index contributed by atoms with van der Waals surface area (Å²) in [6.45, 7) is 9.15. The zero-order valence-electron chi connectivity index (χ0n) is 13.7. The van der Waals surface area contributed by atoms with Crippen LogP contribution in [0.4, 0.5) is 0 Å². The molecule has 0 aromatic heterocycles. The van der Waals surface area contributed by atoms with Gasteiger partial charge in [0.15, 0.2) is 0 Å². The van der Waals surface area contributed by atoms with Gasteiger partial charge < -0.3 is 4.90 Å². The summed E-state index contributed by atoms with van der Waals surface area (Å²) in [5.74, 6) is 3.76. The Bertz CT molecular complexity index is 383. The first-order chi connectivity index (χ1) is 10.3. The minimum absolute atomic E-state index is 0.895. The van der Waals surface area contributed by atoms with Gasteiger partial charge in [0.2, 0.25) is 0 Å². The highest BCUT2D eigenvalue weighted by Crippen LogP contribution is 2.43. The molecule has 2 bridgehead atoms. The number of fused-ring (bicyclic) bond motifs is 2. The van der Waals surface area contributed by atoms with E-state index in [0.717, 1.165) is 29.7 Å². The van der Waals surface area contributed by atoms with Crippen molar-refractivity contribution in [2.45, 2.75) is 51.5 Å². The van der Waals surface area contributed by atoms with Gasteiger partial charge in [0, 0.05) is 38.8 Å². The van der Waals surface area contributed by atoms with Crippen molar-refractivity contribution in [2.24, 2.45) is 23.7 Å². The molecule has 0 aromatic rings. The van der Waals surface area contributed by atoms with Gasteiger partial charge in [0.1, 0.15) is 0 Å². The van der Waals surface area contributed by atoms with Gasteiger partial charge in [-0.15, -0.1) is 0 Å². The fraction of sp³-hybridized carbons (Fsp3) is 0.895. The monoisotopic (exact) mass is 288 g/mol. The molecule has 3 fully saturated rings. The molecule has 4 aliphatic rings. The van der Waals surface area contributed by atoms with Gasteiger partial charge in [-0.2, -0.15) is 0 Å². The molecule has 2 heteroatoms. The smallest absolute Gasteiger partial charge is 0.0122 e. The van der Waals surface area contributed by atoms with Crippen LogP contribution in [-0.2, 0) is 0 Å². The lowest BCUT2D eigenvalue weighted by molar-refractivity contribution is 0.0471. The summed E-state index contributed by atoms with van der Waals surface area (Å²) in [6, 6.07) is 0.895. The van der Waals surface area contributed by atoms with Crippen LogP contribution in [0.1, 0.15) is 45.4 Å². The second-order valence-corrected chi connectivity index (χ2v) is 8.21. The number of rotatable bonds is 3. The Morgan fingerprint density at radius 3 is 2.43 bits per heavy atom. The van der Waals surface area contributed by atoms with E-state index in [1.165, 1.54) is 71.2 Å². The van der Waals surface area contributed by atoms with E-state index in [1.54, 1.807) is 0 Å². The van der Waals surface area contributed by atoms with E-state index in [4.69, 9.17) is 0 Å². The van der Waals surface area contributed by atoms with E-state index in [1.807, 2.05) is 0 Å². The van der Waals surface area contributed by atoms with Crippen molar-refractivity contribution in [1.82, 2.24) is 9.80 Å². The van der Waals surface area contributed by atoms with Gasteiger partial charge in [-0.25, -0.2) is 0 Å². The van der Waals surface area contributed by atoms with Crippen LogP contribution in [0, 0.1) is 23.7 Å². The van der Waals surface area contributed by atoms with Gasteiger partial charge in [-0.05, 0) is 49.4 Å². The van der Waals surface area contributed by atoms with Gasteiger partial charge in [-0.3, -0.25) is 4.90 Å². The molecule has 1 aliphatic heterocycles. The lowest BCUT2D eigenvalue weighted by atomic mass is 9.84. The first-order valence-electron chi connectivity index (χ1n) is 9.44. The summed E-state index contributed by atoms with van der Waals surface area (Å²) >= 11 is 0. The second kappa shape index (κ2) is 6.04. The van der Waals surface area contributed by atoms with E-state index < -0.39 is 0 Å². The molecule has 0 amide bonds. The van der Waals surface area contributed by atoms with E-state index in [9.17, 15) is 0 Å². The number of hydrogen-bond acceptors (Lipinski definition) is 2. The topological polar surface area (TPSA) is 6.48 Å². The lowest BCUT2D eigenvalue weighted by Crippen LogP contribution is -2.53. The molecular formula is C19H32N2. The molecule has 0 radical (unpaired) electrons. The largest absolute Gasteiger partial charge is 0.300 e. The minimum Gasteiger partial charge on any atom is -0.300 e. The molecule has 1 heterocycles. The Balaban J connectivity index is 1.26. The SMILES string of the molecule is CC1CCCCC1N1CCN(CC2CC3C=CC2C3)CC1. The highest BCUT2D eigenvalue weighted by molar-refractivity contribution is 5.10. The van der Waals surface area contributed by atoms with Crippen molar-refractivity contribution >= 4 is 0 Å². The number of piperazine rings is 1. The summed E-state index contributed by atoms with van der Waals surface area (Å²) in [7, 11) is 0. The molecule has 2 nitrogen and oxygen atoms in total. The molecule has 5 unspecified atom stereocenters. The number of nitrogens with zero attached hydrogens (tertiary/aromatic N) is 2. The summed E-state index contributed by atoms with van der Waals surface area (Å²) in [4.78, 5) is 5.59. The van der Waals surface area contributed by atoms with E-state index in [-0.39, 0.29) is 0 Å². The van der Waals surface area contributed by atoms with Crippen LogP contribution in [0.25, 0.3) is 0 Å². The highest BCUT2D eigenvalue weighted by Gasteiger charge is 2.37. The van der Waals surface area contributed by atoms with E-state index in [2.05, 4.69) is 28.9 Å². The van der Waals surface area contributed by atoms with Crippen LogP contribution in [-0.4, -0.2) is 48.6 Å². The standard InChI is InChI=1S/C19H32N2/c1-15-4-2-3-5-19(15)21-10-8-20(9-11-21)14-18-13-16-6-7-17(18)12-16/h6-7,15-19H,2-5,8-14H2,1H3. The molecule has 3 aliphatic carbocycles. The second-order valence-electron chi connectivity index (χ2n) is 8.21. The normalized spacial score (nSPS) is 44.5. The van der Waals surface area contributed by atoms with Crippen LogP contribution in [0.2, 0.25) is 0 Å². The first-order valence-corrected chi connectivity index (χ1v) is 9.44. The Hall–Kier alpha value is -0.340. The van der Waals surface area contributed by atoms with E-state index >= 15 is 0 Å². The van der Waals surface area contributed by atoms with Crippen LogP contribution >= 0.6 is 0 Å². The molecule has 1 saturated heterocycles. The van der Waals surface area contributed by atoms with Crippen molar-refractivity contribution in [3.63, 3.8) is 0 Å². The average molecular weight is 288 g/mol. The fourth-order valence-electron chi connectivity index (χ4n) is 5.55. The van der Waals surface area contributed by atoms with Crippen molar-refractivity contribution < 1.29 is 0 Å².